The molecule has 0 aliphatic rings. The molecular formula is C13H12BrFN2O. The normalized spacial score (nSPS) is 10.6. The molecule has 3 nitrogen and oxygen atoms in total. The van der Waals surface area contributed by atoms with E-state index in [-0.39, 0.29) is 5.82 Å². The molecule has 18 heavy (non-hydrogen) atoms. The number of hydrogen-bond donors (Lipinski definition) is 0. The third-order valence-corrected chi connectivity index (χ3v) is 3.29. The summed E-state index contributed by atoms with van der Waals surface area (Å²) in [5.41, 5.74) is 1.80. The summed E-state index contributed by atoms with van der Waals surface area (Å²) in [6, 6.07) is 6.16. The van der Waals surface area contributed by atoms with E-state index in [0.29, 0.717) is 6.42 Å². The molecule has 2 aromatic rings. The Morgan fingerprint density at radius 2 is 2.06 bits per heavy atom. The summed E-state index contributed by atoms with van der Waals surface area (Å²) in [5, 5.41) is 4.25. The highest BCUT2D eigenvalue weighted by Crippen LogP contribution is 2.21. The maximum absolute atomic E-state index is 12.9. The summed E-state index contributed by atoms with van der Waals surface area (Å²) in [6.45, 7) is 0. The van der Waals surface area contributed by atoms with E-state index in [2.05, 4.69) is 21.0 Å². The van der Waals surface area contributed by atoms with E-state index < -0.39 is 0 Å². The molecule has 94 valence electrons. The standard InChI is InChI=1S/C13H12BrFN2O/c14-12-9-16-17(13(12)3-1-2-8-18)11-6-4-10(15)5-7-11/h4-9H,1-3H2. The number of nitrogens with zero attached hydrogens (tertiary/aromatic N) is 2. The van der Waals surface area contributed by atoms with Crippen LogP contribution in [0, 0.1) is 5.82 Å². The maximum Gasteiger partial charge on any atom is 0.123 e. The van der Waals surface area contributed by atoms with Crippen LogP contribution in [0.4, 0.5) is 4.39 Å². The molecule has 1 heterocycles. The first kappa shape index (κ1) is 13.0. The van der Waals surface area contributed by atoms with E-state index in [1.165, 1.54) is 12.1 Å². The number of carbonyl (C=O) groups is 1. The van der Waals surface area contributed by atoms with Gasteiger partial charge in [0, 0.05) is 6.42 Å². The molecule has 0 saturated heterocycles. The van der Waals surface area contributed by atoms with Crippen LogP contribution in [0.5, 0.6) is 0 Å². The second-order valence-electron chi connectivity index (χ2n) is 3.89. The number of aromatic nitrogens is 2. The lowest BCUT2D eigenvalue weighted by Gasteiger charge is -2.07. The Morgan fingerprint density at radius 3 is 2.72 bits per heavy atom. The number of rotatable bonds is 5. The monoisotopic (exact) mass is 310 g/mol. The van der Waals surface area contributed by atoms with Crippen LogP contribution in [0.25, 0.3) is 5.69 Å². The lowest BCUT2D eigenvalue weighted by atomic mass is 10.2. The van der Waals surface area contributed by atoms with Crippen molar-refractivity contribution in [2.45, 2.75) is 19.3 Å². The van der Waals surface area contributed by atoms with Gasteiger partial charge in [0.15, 0.2) is 0 Å². The van der Waals surface area contributed by atoms with E-state index in [4.69, 9.17) is 0 Å². The van der Waals surface area contributed by atoms with Crippen LogP contribution >= 0.6 is 15.9 Å². The van der Waals surface area contributed by atoms with Crippen LogP contribution in [0.1, 0.15) is 18.5 Å². The molecule has 0 unspecified atom stereocenters. The highest BCUT2D eigenvalue weighted by molar-refractivity contribution is 9.10. The molecule has 0 bridgehead atoms. The predicted octanol–water partition coefficient (Wildman–Crippen LogP) is 3.30. The number of benzene rings is 1. The summed E-state index contributed by atoms with van der Waals surface area (Å²) in [4.78, 5) is 10.3. The summed E-state index contributed by atoms with van der Waals surface area (Å²) < 4.78 is 15.5. The average Bonchev–Trinajstić information content (AvgIpc) is 2.73. The van der Waals surface area contributed by atoms with Crippen molar-refractivity contribution >= 4 is 22.2 Å². The Hall–Kier alpha value is -1.49. The van der Waals surface area contributed by atoms with Gasteiger partial charge in [0.2, 0.25) is 0 Å². The van der Waals surface area contributed by atoms with Crippen molar-refractivity contribution < 1.29 is 9.18 Å². The van der Waals surface area contributed by atoms with Gasteiger partial charge in [-0.05, 0) is 53.0 Å². The van der Waals surface area contributed by atoms with Gasteiger partial charge in [0.1, 0.15) is 12.1 Å². The third-order valence-electron chi connectivity index (χ3n) is 2.62. The second kappa shape index (κ2) is 5.91. The Balaban J connectivity index is 2.27. The van der Waals surface area contributed by atoms with Crippen LogP contribution < -0.4 is 0 Å². The van der Waals surface area contributed by atoms with Gasteiger partial charge < -0.3 is 4.79 Å². The minimum atomic E-state index is -0.271. The van der Waals surface area contributed by atoms with Crippen LogP contribution in [-0.4, -0.2) is 16.1 Å². The molecule has 0 aliphatic carbocycles. The number of halogens is 2. The summed E-state index contributed by atoms with van der Waals surface area (Å²) in [5.74, 6) is -0.271. The minimum Gasteiger partial charge on any atom is -0.303 e. The number of aldehydes is 1. The molecule has 5 heteroatoms. The molecule has 0 radical (unpaired) electrons. The molecule has 0 spiro atoms. The van der Waals surface area contributed by atoms with Gasteiger partial charge in [-0.3, -0.25) is 0 Å². The van der Waals surface area contributed by atoms with Crippen molar-refractivity contribution in [2.75, 3.05) is 0 Å². The van der Waals surface area contributed by atoms with Gasteiger partial charge in [-0.25, -0.2) is 9.07 Å². The third kappa shape index (κ3) is 2.85. The van der Waals surface area contributed by atoms with Crippen molar-refractivity contribution in [3.05, 3.63) is 46.4 Å². The Bertz CT molecular complexity index is 536. The molecule has 0 fully saturated rings. The van der Waals surface area contributed by atoms with Gasteiger partial charge in [-0.15, -0.1) is 0 Å². The first-order valence-electron chi connectivity index (χ1n) is 5.64. The quantitative estimate of drug-likeness (QED) is 0.627. The van der Waals surface area contributed by atoms with Crippen LogP contribution in [0.15, 0.2) is 34.9 Å². The number of hydrogen-bond acceptors (Lipinski definition) is 2. The van der Waals surface area contributed by atoms with Gasteiger partial charge in [0.25, 0.3) is 0 Å². The second-order valence-corrected chi connectivity index (χ2v) is 4.74. The fourth-order valence-electron chi connectivity index (χ4n) is 1.74. The van der Waals surface area contributed by atoms with Gasteiger partial charge in [0.05, 0.1) is 22.1 Å². The van der Waals surface area contributed by atoms with Gasteiger partial charge in [-0.2, -0.15) is 5.10 Å². The first-order valence-corrected chi connectivity index (χ1v) is 6.43. The fourth-order valence-corrected chi connectivity index (χ4v) is 2.19. The van der Waals surface area contributed by atoms with Crippen molar-refractivity contribution in [3.8, 4) is 5.69 Å². The molecule has 0 saturated carbocycles. The van der Waals surface area contributed by atoms with Gasteiger partial charge in [-0.1, -0.05) is 0 Å². The lowest BCUT2D eigenvalue weighted by molar-refractivity contribution is -0.107. The van der Waals surface area contributed by atoms with Crippen molar-refractivity contribution in [1.29, 1.82) is 0 Å². The maximum atomic E-state index is 12.9. The Morgan fingerprint density at radius 1 is 1.33 bits per heavy atom. The van der Waals surface area contributed by atoms with Gasteiger partial charge >= 0.3 is 0 Å². The average molecular weight is 311 g/mol. The smallest absolute Gasteiger partial charge is 0.123 e. The molecule has 1 aromatic carbocycles. The molecule has 0 atom stereocenters. The molecular weight excluding hydrogens is 299 g/mol. The zero-order valence-electron chi connectivity index (χ0n) is 9.64. The lowest BCUT2D eigenvalue weighted by Crippen LogP contribution is -2.03. The summed E-state index contributed by atoms with van der Waals surface area (Å²) >= 11 is 3.44. The van der Waals surface area contributed by atoms with Crippen LogP contribution in [0.2, 0.25) is 0 Å². The first-order chi connectivity index (χ1) is 8.72. The highest BCUT2D eigenvalue weighted by Gasteiger charge is 2.10. The zero-order chi connectivity index (χ0) is 13.0. The van der Waals surface area contributed by atoms with Crippen molar-refractivity contribution in [2.24, 2.45) is 0 Å². The van der Waals surface area contributed by atoms with E-state index >= 15 is 0 Å². The van der Waals surface area contributed by atoms with E-state index in [1.54, 1.807) is 23.0 Å². The molecule has 0 aliphatic heterocycles. The van der Waals surface area contributed by atoms with E-state index in [9.17, 15) is 9.18 Å². The zero-order valence-corrected chi connectivity index (χ0v) is 11.2. The van der Waals surface area contributed by atoms with Crippen molar-refractivity contribution in [1.82, 2.24) is 9.78 Å². The Kier molecular flexibility index (Phi) is 4.25. The van der Waals surface area contributed by atoms with Crippen molar-refractivity contribution in [3.63, 3.8) is 0 Å². The largest absolute Gasteiger partial charge is 0.303 e. The minimum absolute atomic E-state index is 0.271. The fraction of sp³-hybridized carbons (Fsp3) is 0.231. The predicted molar refractivity (Wildman–Crippen MR) is 70.2 cm³/mol. The summed E-state index contributed by atoms with van der Waals surface area (Å²) in [7, 11) is 0. The molecule has 2 rings (SSSR count). The Labute approximate surface area is 113 Å². The SMILES string of the molecule is O=CCCCc1c(Br)cnn1-c1ccc(F)cc1. The highest BCUT2D eigenvalue weighted by atomic mass is 79.9. The molecule has 1 aromatic heterocycles. The topological polar surface area (TPSA) is 34.9 Å². The van der Waals surface area contributed by atoms with Crippen LogP contribution in [0.3, 0.4) is 0 Å². The number of carbonyl (C=O) groups excluding carboxylic acids is 1. The molecule has 0 amide bonds. The molecule has 0 N–H and O–H groups in total. The van der Waals surface area contributed by atoms with E-state index in [0.717, 1.165) is 35.0 Å². The number of unbranched alkanes of at least 4 members (excludes halogenated alkanes) is 1. The van der Waals surface area contributed by atoms with Crippen LogP contribution in [-0.2, 0) is 11.2 Å². The summed E-state index contributed by atoms with van der Waals surface area (Å²) in [6.07, 6.45) is 4.67. The van der Waals surface area contributed by atoms with E-state index in [1.807, 2.05) is 0 Å².